The molecule has 7 heteroatoms. The molecule has 0 spiro atoms. The van der Waals surface area contributed by atoms with Gasteiger partial charge >= 0.3 is 6.03 Å². The van der Waals surface area contributed by atoms with Crippen molar-refractivity contribution in [2.75, 3.05) is 6.54 Å². The van der Waals surface area contributed by atoms with E-state index in [1.165, 1.54) is 18.2 Å². The number of carbonyl (C=O) groups is 3. The van der Waals surface area contributed by atoms with Crippen molar-refractivity contribution in [1.82, 2.24) is 16.0 Å². The fourth-order valence-corrected chi connectivity index (χ4v) is 1.91. The fraction of sp³-hybridized carbons (Fsp3) is 0.308. The molecule has 4 amide bonds. The predicted octanol–water partition coefficient (Wildman–Crippen LogP) is 0.0825. The lowest BCUT2D eigenvalue weighted by atomic mass is 10.1. The second-order valence-electron chi connectivity index (χ2n) is 4.46. The summed E-state index contributed by atoms with van der Waals surface area (Å²) in [6.45, 7) is 0.256. The van der Waals surface area contributed by atoms with E-state index in [4.69, 9.17) is 0 Å². The van der Waals surface area contributed by atoms with E-state index >= 15 is 0 Å². The Morgan fingerprint density at radius 3 is 2.80 bits per heavy atom. The van der Waals surface area contributed by atoms with Gasteiger partial charge in [0.2, 0.25) is 5.91 Å². The molecule has 0 saturated carbocycles. The van der Waals surface area contributed by atoms with Gasteiger partial charge < -0.3 is 10.6 Å². The van der Waals surface area contributed by atoms with Crippen molar-refractivity contribution in [1.29, 1.82) is 0 Å². The summed E-state index contributed by atoms with van der Waals surface area (Å²) in [4.78, 5) is 33.7. The zero-order valence-electron chi connectivity index (χ0n) is 10.6. The van der Waals surface area contributed by atoms with Gasteiger partial charge in [0.15, 0.2) is 0 Å². The highest BCUT2D eigenvalue weighted by Gasteiger charge is 2.28. The van der Waals surface area contributed by atoms with Crippen molar-refractivity contribution in [2.24, 2.45) is 0 Å². The molecule has 106 valence electrons. The van der Waals surface area contributed by atoms with Gasteiger partial charge in [-0.15, -0.1) is 0 Å². The van der Waals surface area contributed by atoms with Crippen LogP contribution < -0.4 is 16.0 Å². The molecule has 1 heterocycles. The quantitative estimate of drug-likeness (QED) is 0.667. The van der Waals surface area contributed by atoms with Gasteiger partial charge in [-0.25, -0.2) is 9.18 Å². The maximum absolute atomic E-state index is 12.9. The van der Waals surface area contributed by atoms with E-state index in [2.05, 4.69) is 16.0 Å². The van der Waals surface area contributed by atoms with Crippen LogP contribution in [-0.2, 0) is 16.0 Å². The van der Waals surface area contributed by atoms with Crippen molar-refractivity contribution in [2.45, 2.75) is 18.9 Å². The van der Waals surface area contributed by atoms with E-state index < -0.39 is 18.0 Å². The maximum Gasteiger partial charge on any atom is 0.322 e. The highest BCUT2D eigenvalue weighted by molar-refractivity contribution is 6.04. The fourth-order valence-electron chi connectivity index (χ4n) is 1.91. The van der Waals surface area contributed by atoms with Gasteiger partial charge in [0.1, 0.15) is 11.9 Å². The van der Waals surface area contributed by atoms with Gasteiger partial charge in [-0.05, 0) is 24.1 Å². The molecule has 3 N–H and O–H groups in total. The first kappa shape index (κ1) is 14.0. The van der Waals surface area contributed by atoms with Crippen molar-refractivity contribution >= 4 is 17.8 Å². The van der Waals surface area contributed by atoms with Crippen LogP contribution in [0, 0.1) is 5.82 Å². The summed E-state index contributed by atoms with van der Waals surface area (Å²) in [5.74, 6) is -1.05. The topological polar surface area (TPSA) is 87.3 Å². The lowest BCUT2D eigenvalue weighted by molar-refractivity contribution is -0.122. The molecule has 6 nitrogen and oxygen atoms in total. The minimum absolute atomic E-state index is 0.0704. The lowest BCUT2D eigenvalue weighted by Crippen LogP contribution is -2.35. The molecule has 0 aliphatic carbocycles. The number of benzene rings is 1. The Morgan fingerprint density at radius 1 is 1.35 bits per heavy atom. The van der Waals surface area contributed by atoms with Crippen LogP contribution in [0.2, 0.25) is 0 Å². The molecule has 1 aliphatic heterocycles. The van der Waals surface area contributed by atoms with E-state index in [0.717, 1.165) is 0 Å². The maximum atomic E-state index is 12.9. The molecule has 1 atom stereocenters. The standard InChI is InChI=1S/C13H14FN3O3/c14-9-3-1-2-8(6-9)7-11(18)15-5-4-10-12(19)17-13(20)16-10/h1-3,6,10H,4-5,7H2,(H,15,18)(H2,16,17,19,20). The number of amides is 4. The first-order valence-corrected chi connectivity index (χ1v) is 6.17. The highest BCUT2D eigenvalue weighted by atomic mass is 19.1. The number of rotatable bonds is 5. The molecule has 1 aromatic rings. The van der Waals surface area contributed by atoms with Crippen LogP contribution in [0.15, 0.2) is 24.3 Å². The Morgan fingerprint density at radius 2 is 2.15 bits per heavy atom. The Bertz CT molecular complexity index is 547. The van der Waals surface area contributed by atoms with Crippen molar-refractivity contribution in [3.8, 4) is 0 Å². The summed E-state index contributed by atoms with van der Waals surface area (Å²) >= 11 is 0. The van der Waals surface area contributed by atoms with E-state index in [1.807, 2.05) is 0 Å². The van der Waals surface area contributed by atoms with Gasteiger partial charge in [-0.1, -0.05) is 12.1 Å². The normalized spacial score (nSPS) is 17.6. The Hall–Kier alpha value is -2.44. The van der Waals surface area contributed by atoms with Gasteiger partial charge in [0.05, 0.1) is 6.42 Å². The largest absolute Gasteiger partial charge is 0.356 e. The second-order valence-corrected chi connectivity index (χ2v) is 4.46. The monoisotopic (exact) mass is 279 g/mol. The molecule has 1 saturated heterocycles. The molecular weight excluding hydrogens is 265 g/mol. The van der Waals surface area contributed by atoms with Gasteiger partial charge in [0, 0.05) is 6.54 Å². The van der Waals surface area contributed by atoms with Crippen LogP contribution in [0.4, 0.5) is 9.18 Å². The molecule has 1 unspecified atom stereocenters. The molecule has 0 aromatic heterocycles. The Balaban J connectivity index is 1.73. The molecule has 1 aliphatic rings. The zero-order valence-corrected chi connectivity index (χ0v) is 10.6. The summed E-state index contributed by atoms with van der Waals surface area (Å²) in [6.07, 6.45) is 0.382. The van der Waals surface area contributed by atoms with Crippen molar-refractivity contribution in [3.63, 3.8) is 0 Å². The summed E-state index contributed by atoms with van der Waals surface area (Å²) in [5, 5.41) is 7.16. The lowest BCUT2D eigenvalue weighted by Gasteiger charge is -2.08. The molecular formula is C13H14FN3O3. The molecule has 0 radical (unpaired) electrons. The third-order valence-electron chi connectivity index (χ3n) is 2.87. The Labute approximate surface area is 114 Å². The number of nitrogens with one attached hydrogen (secondary N) is 3. The number of urea groups is 1. The van der Waals surface area contributed by atoms with Gasteiger partial charge in [-0.3, -0.25) is 14.9 Å². The summed E-state index contributed by atoms with van der Waals surface area (Å²) in [7, 11) is 0. The van der Waals surface area contributed by atoms with Crippen molar-refractivity contribution < 1.29 is 18.8 Å². The summed E-state index contributed by atoms with van der Waals surface area (Å²) < 4.78 is 12.9. The molecule has 1 aromatic carbocycles. The van der Waals surface area contributed by atoms with Gasteiger partial charge in [0.25, 0.3) is 5.91 Å². The van der Waals surface area contributed by atoms with Crippen LogP contribution in [-0.4, -0.2) is 30.4 Å². The average molecular weight is 279 g/mol. The summed E-state index contributed by atoms with van der Waals surface area (Å²) in [6, 6.07) is 4.67. The zero-order chi connectivity index (χ0) is 14.5. The third kappa shape index (κ3) is 3.78. The van der Waals surface area contributed by atoms with E-state index in [0.29, 0.717) is 12.0 Å². The minimum atomic E-state index is -0.614. The Kier molecular flexibility index (Phi) is 4.29. The molecule has 0 bridgehead atoms. The number of hydrogen-bond acceptors (Lipinski definition) is 3. The SMILES string of the molecule is O=C(Cc1cccc(F)c1)NCCC1NC(=O)NC1=O. The van der Waals surface area contributed by atoms with E-state index in [1.54, 1.807) is 6.07 Å². The first-order chi connectivity index (χ1) is 9.54. The molecule has 2 rings (SSSR count). The number of halogens is 1. The van der Waals surface area contributed by atoms with Crippen LogP contribution >= 0.6 is 0 Å². The predicted molar refractivity (Wildman–Crippen MR) is 68.2 cm³/mol. The highest BCUT2D eigenvalue weighted by Crippen LogP contribution is 2.04. The molecule has 20 heavy (non-hydrogen) atoms. The van der Waals surface area contributed by atoms with E-state index in [9.17, 15) is 18.8 Å². The number of imide groups is 1. The average Bonchev–Trinajstić information content (AvgIpc) is 2.68. The third-order valence-corrected chi connectivity index (χ3v) is 2.87. The van der Waals surface area contributed by atoms with Crippen molar-refractivity contribution in [3.05, 3.63) is 35.6 Å². The number of hydrogen-bond donors (Lipinski definition) is 3. The van der Waals surface area contributed by atoms with Crippen LogP contribution in [0.25, 0.3) is 0 Å². The van der Waals surface area contributed by atoms with Gasteiger partial charge in [-0.2, -0.15) is 0 Å². The first-order valence-electron chi connectivity index (χ1n) is 6.17. The minimum Gasteiger partial charge on any atom is -0.356 e. The molecule has 1 fully saturated rings. The van der Waals surface area contributed by atoms with Crippen LogP contribution in [0.5, 0.6) is 0 Å². The van der Waals surface area contributed by atoms with Crippen LogP contribution in [0.3, 0.4) is 0 Å². The smallest absolute Gasteiger partial charge is 0.322 e. The van der Waals surface area contributed by atoms with Crippen LogP contribution in [0.1, 0.15) is 12.0 Å². The number of carbonyl (C=O) groups excluding carboxylic acids is 3. The second kappa shape index (κ2) is 6.14. The van der Waals surface area contributed by atoms with E-state index in [-0.39, 0.29) is 24.7 Å². The summed E-state index contributed by atoms with van der Waals surface area (Å²) in [5.41, 5.74) is 0.578.